The van der Waals surface area contributed by atoms with Gasteiger partial charge in [0.15, 0.2) is 6.29 Å². The van der Waals surface area contributed by atoms with Gasteiger partial charge in [0.25, 0.3) is 0 Å². The monoisotopic (exact) mass is 347 g/mol. The third kappa shape index (κ3) is 3.88. The van der Waals surface area contributed by atoms with Crippen LogP contribution in [0.3, 0.4) is 0 Å². The first-order chi connectivity index (χ1) is 12.0. The van der Waals surface area contributed by atoms with Crippen LogP contribution in [-0.4, -0.2) is 11.3 Å². The van der Waals surface area contributed by atoms with Gasteiger partial charge in [0.1, 0.15) is 24.3 Å². The van der Waals surface area contributed by atoms with E-state index >= 15 is 0 Å². The van der Waals surface area contributed by atoms with E-state index in [4.69, 9.17) is 9.15 Å². The molecule has 0 aliphatic rings. The summed E-state index contributed by atoms with van der Waals surface area (Å²) in [5.74, 6) is 0.604. The minimum atomic E-state index is -4.39. The Morgan fingerprint density at radius 2 is 1.80 bits per heavy atom. The molecule has 0 saturated carbocycles. The summed E-state index contributed by atoms with van der Waals surface area (Å²) in [7, 11) is 0. The van der Waals surface area contributed by atoms with Gasteiger partial charge in [-0.25, -0.2) is 4.98 Å². The zero-order valence-electron chi connectivity index (χ0n) is 12.8. The Bertz CT molecular complexity index is 870. The number of carbonyl (C=O) groups is 1. The SMILES string of the molecule is O=Cc1ccccc1OCc1coc(-c2ccc(C(F)(F)F)cc2)n1. The van der Waals surface area contributed by atoms with E-state index in [2.05, 4.69) is 4.98 Å². The number of rotatable bonds is 5. The van der Waals surface area contributed by atoms with E-state index in [-0.39, 0.29) is 12.5 Å². The summed E-state index contributed by atoms with van der Waals surface area (Å²) in [5.41, 5.74) is 0.550. The smallest absolute Gasteiger partial charge is 0.416 e. The summed E-state index contributed by atoms with van der Waals surface area (Å²) in [6.07, 6.45) is -2.34. The molecule has 4 nitrogen and oxygen atoms in total. The highest BCUT2D eigenvalue weighted by molar-refractivity contribution is 5.79. The largest absolute Gasteiger partial charge is 0.486 e. The predicted molar refractivity (Wildman–Crippen MR) is 83.1 cm³/mol. The van der Waals surface area contributed by atoms with Crippen LogP contribution in [0, 0.1) is 0 Å². The van der Waals surface area contributed by atoms with Gasteiger partial charge in [-0.3, -0.25) is 4.79 Å². The normalized spacial score (nSPS) is 11.3. The topological polar surface area (TPSA) is 52.3 Å². The van der Waals surface area contributed by atoms with E-state index in [1.54, 1.807) is 24.3 Å². The first kappa shape index (κ1) is 16.8. The average molecular weight is 347 g/mol. The van der Waals surface area contributed by atoms with Crippen LogP contribution in [-0.2, 0) is 12.8 Å². The number of hydrogen-bond acceptors (Lipinski definition) is 4. The molecule has 3 rings (SSSR count). The van der Waals surface area contributed by atoms with Crippen molar-refractivity contribution >= 4 is 6.29 Å². The Kier molecular flexibility index (Phi) is 4.56. The van der Waals surface area contributed by atoms with Gasteiger partial charge in [-0.1, -0.05) is 12.1 Å². The summed E-state index contributed by atoms with van der Waals surface area (Å²) in [6, 6.07) is 11.3. The van der Waals surface area contributed by atoms with Crippen molar-refractivity contribution in [3.63, 3.8) is 0 Å². The molecule has 1 heterocycles. The quantitative estimate of drug-likeness (QED) is 0.625. The van der Waals surface area contributed by atoms with E-state index < -0.39 is 11.7 Å². The van der Waals surface area contributed by atoms with E-state index in [9.17, 15) is 18.0 Å². The van der Waals surface area contributed by atoms with Crippen LogP contribution in [0.5, 0.6) is 5.75 Å². The molecule has 0 unspecified atom stereocenters. The summed E-state index contributed by atoms with van der Waals surface area (Å²) >= 11 is 0. The van der Waals surface area contributed by atoms with Gasteiger partial charge in [-0.2, -0.15) is 13.2 Å². The molecule has 0 aliphatic carbocycles. The summed E-state index contributed by atoms with van der Waals surface area (Å²) < 4.78 is 48.5. The van der Waals surface area contributed by atoms with Gasteiger partial charge < -0.3 is 9.15 Å². The van der Waals surface area contributed by atoms with Crippen LogP contribution in [0.25, 0.3) is 11.5 Å². The molecule has 0 spiro atoms. The molecule has 0 atom stereocenters. The van der Waals surface area contributed by atoms with Gasteiger partial charge >= 0.3 is 6.18 Å². The molecule has 0 fully saturated rings. The predicted octanol–water partition coefficient (Wildman–Crippen LogP) is 4.75. The molecule has 128 valence electrons. The molecule has 1 aromatic heterocycles. The highest BCUT2D eigenvalue weighted by Crippen LogP contribution is 2.30. The molecular formula is C18H12F3NO3. The second-order valence-electron chi connectivity index (χ2n) is 5.16. The fraction of sp³-hybridized carbons (Fsp3) is 0.111. The zero-order valence-corrected chi connectivity index (χ0v) is 12.8. The molecule has 0 radical (unpaired) electrons. The third-order valence-corrected chi connectivity index (χ3v) is 3.43. The van der Waals surface area contributed by atoms with Crippen molar-refractivity contribution < 1.29 is 27.1 Å². The van der Waals surface area contributed by atoms with E-state index in [1.165, 1.54) is 18.4 Å². The standard InChI is InChI=1S/C18H12F3NO3/c19-18(20,21)14-7-5-12(6-8-14)17-22-15(11-25-17)10-24-16-4-2-1-3-13(16)9-23/h1-9,11H,10H2. The highest BCUT2D eigenvalue weighted by Gasteiger charge is 2.30. The number of carbonyl (C=O) groups excluding carboxylic acids is 1. The zero-order chi connectivity index (χ0) is 17.9. The van der Waals surface area contributed by atoms with Crippen LogP contribution in [0.2, 0.25) is 0 Å². The van der Waals surface area contributed by atoms with E-state index in [1.807, 2.05) is 0 Å². The Labute approximate surface area is 140 Å². The van der Waals surface area contributed by atoms with Crippen molar-refractivity contribution in [2.24, 2.45) is 0 Å². The number of ether oxygens (including phenoxy) is 1. The number of oxazole rings is 1. The number of alkyl halides is 3. The first-order valence-electron chi connectivity index (χ1n) is 7.26. The van der Waals surface area contributed by atoms with Crippen LogP contribution in [0.15, 0.2) is 59.2 Å². The summed E-state index contributed by atoms with van der Waals surface area (Å²) in [6.45, 7) is 0.0645. The van der Waals surface area contributed by atoms with Crippen LogP contribution < -0.4 is 4.74 Å². The molecule has 0 amide bonds. The number of benzene rings is 2. The molecule has 0 bridgehead atoms. The van der Waals surface area contributed by atoms with Crippen LogP contribution in [0.1, 0.15) is 21.6 Å². The summed E-state index contributed by atoms with van der Waals surface area (Å²) in [5, 5.41) is 0. The number of aldehydes is 1. The molecule has 0 N–H and O–H groups in total. The fourth-order valence-corrected chi connectivity index (χ4v) is 2.17. The Morgan fingerprint density at radius 3 is 2.48 bits per heavy atom. The van der Waals surface area contributed by atoms with Crippen molar-refractivity contribution in [1.82, 2.24) is 4.98 Å². The second-order valence-corrected chi connectivity index (χ2v) is 5.16. The maximum absolute atomic E-state index is 12.6. The van der Waals surface area contributed by atoms with Gasteiger partial charge in [0, 0.05) is 5.56 Å². The lowest BCUT2D eigenvalue weighted by molar-refractivity contribution is -0.137. The number of aromatic nitrogens is 1. The van der Waals surface area contributed by atoms with Gasteiger partial charge in [-0.05, 0) is 36.4 Å². The molecule has 25 heavy (non-hydrogen) atoms. The van der Waals surface area contributed by atoms with Gasteiger partial charge in [0.05, 0.1) is 11.1 Å². The van der Waals surface area contributed by atoms with E-state index in [0.717, 1.165) is 12.1 Å². The fourth-order valence-electron chi connectivity index (χ4n) is 2.17. The molecular weight excluding hydrogens is 335 g/mol. The minimum absolute atomic E-state index is 0.0645. The number of nitrogens with zero attached hydrogens (tertiary/aromatic N) is 1. The van der Waals surface area contributed by atoms with Crippen molar-refractivity contribution in [2.75, 3.05) is 0 Å². The highest BCUT2D eigenvalue weighted by atomic mass is 19.4. The first-order valence-corrected chi connectivity index (χ1v) is 7.26. The van der Waals surface area contributed by atoms with Crippen molar-refractivity contribution in [3.8, 4) is 17.2 Å². The number of halogens is 3. The Morgan fingerprint density at radius 1 is 1.08 bits per heavy atom. The van der Waals surface area contributed by atoms with Crippen LogP contribution >= 0.6 is 0 Å². The lowest BCUT2D eigenvalue weighted by Crippen LogP contribution is -2.04. The maximum Gasteiger partial charge on any atom is 0.416 e. The third-order valence-electron chi connectivity index (χ3n) is 3.43. The van der Waals surface area contributed by atoms with Gasteiger partial charge in [0.2, 0.25) is 5.89 Å². The van der Waals surface area contributed by atoms with Crippen LogP contribution in [0.4, 0.5) is 13.2 Å². The van der Waals surface area contributed by atoms with Crippen molar-refractivity contribution in [3.05, 3.63) is 71.6 Å². The Hall–Kier alpha value is -3.09. The summed E-state index contributed by atoms with van der Waals surface area (Å²) in [4.78, 5) is 15.1. The minimum Gasteiger partial charge on any atom is -0.486 e. The molecule has 0 aliphatic heterocycles. The van der Waals surface area contributed by atoms with Crippen molar-refractivity contribution in [1.29, 1.82) is 0 Å². The number of para-hydroxylation sites is 1. The van der Waals surface area contributed by atoms with E-state index in [0.29, 0.717) is 28.9 Å². The lowest BCUT2D eigenvalue weighted by atomic mass is 10.1. The lowest BCUT2D eigenvalue weighted by Gasteiger charge is -2.06. The maximum atomic E-state index is 12.6. The molecule has 7 heteroatoms. The second kappa shape index (κ2) is 6.80. The average Bonchev–Trinajstić information content (AvgIpc) is 3.08. The molecule has 0 saturated heterocycles. The Balaban J connectivity index is 1.71. The molecule has 2 aromatic carbocycles. The molecule has 3 aromatic rings. The van der Waals surface area contributed by atoms with Gasteiger partial charge in [-0.15, -0.1) is 0 Å². The van der Waals surface area contributed by atoms with Crippen molar-refractivity contribution in [2.45, 2.75) is 12.8 Å². The number of hydrogen-bond donors (Lipinski definition) is 0.